The molecular weight excluding hydrogens is 275 g/mol. The Hall–Kier alpha value is -2.63. The van der Waals surface area contributed by atoms with Gasteiger partial charge in [-0.2, -0.15) is 4.39 Å². The predicted molar refractivity (Wildman–Crippen MR) is 78.1 cm³/mol. The van der Waals surface area contributed by atoms with Crippen molar-refractivity contribution in [2.75, 3.05) is 18.5 Å². The topological polar surface area (TPSA) is 64.4 Å². The SMILES string of the molecule is O=[N+]([O-])c1cc(NCCCOc2ccccc2)ccc1F. The van der Waals surface area contributed by atoms with Crippen molar-refractivity contribution in [3.05, 3.63) is 64.5 Å². The highest BCUT2D eigenvalue weighted by atomic mass is 19.1. The molecule has 110 valence electrons. The minimum Gasteiger partial charge on any atom is -0.494 e. The predicted octanol–water partition coefficient (Wildman–Crippen LogP) is 3.61. The molecule has 0 saturated heterocycles. The summed E-state index contributed by atoms with van der Waals surface area (Å²) in [4.78, 5) is 9.89. The fraction of sp³-hybridized carbons (Fsp3) is 0.200. The van der Waals surface area contributed by atoms with E-state index in [-0.39, 0.29) is 0 Å². The second-order valence-corrected chi connectivity index (χ2v) is 4.37. The van der Waals surface area contributed by atoms with E-state index in [0.717, 1.165) is 18.2 Å². The highest BCUT2D eigenvalue weighted by Crippen LogP contribution is 2.21. The van der Waals surface area contributed by atoms with Gasteiger partial charge in [-0.15, -0.1) is 0 Å². The summed E-state index contributed by atoms with van der Waals surface area (Å²) in [5.41, 5.74) is -0.0108. The molecule has 6 heteroatoms. The molecular formula is C15H15FN2O3. The maximum atomic E-state index is 13.2. The van der Waals surface area contributed by atoms with E-state index in [4.69, 9.17) is 4.74 Å². The highest BCUT2D eigenvalue weighted by Gasteiger charge is 2.13. The molecule has 0 aromatic heterocycles. The first-order chi connectivity index (χ1) is 10.2. The molecule has 0 atom stereocenters. The van der Waals surface area contributed by atoms with Crippen LogP contribution in [0.3, 0.4) is 0 Å². The standard InChI is InChI=1S/C15H15FN2O3/c16-14-8-7-12(11-15(14)18(19)20)17-9-4-10-21-13-5-2-1-3-6-13/h1-3,5-8,11,17H,4,9-10H2. The van der Waals surface area contributed by atoms with Crippen LogP contribution < -0.4 is 10.1 Å². The normalized spacial score (nSPS) is 10.1. The Bertz CT molecular complexity index is 605. The minimum absolute atomic E-state index is 0.516. The van der Waals surface area contributed by atoms with Crippen LogP contribution in [0.15, 0.2) is 48.5 Å². The summed E-state index contributed by atoms with van der Waals surface area (Å²) in [7, 11) is 0. The average Bonchev–Trinajstić information content (AvgIpc) is 2.49. The molecule has 5 nitrogen and oxygen atoms in total. The van der Waals surface area contributed by atoms with Gasteiger partial charge in [-0.1, -0.05) is 18.2 Å². The van der Waals surface area contributed by atoms with E-state index >= 15 is 0 Å². The van der Waals surface area contributed by atoms with Gasteiger partial charge in [0, 0.05) is 18.3 Å². The van der Waals surface area contributed by atoms with Crippen LogP contribution in [-0.4, -0.2) is 18.1 Å². The van der Waals surface area contributed by atoms with Crippen LogP contribution in [-0.2, 0) is 0 Å². The van der Waals surface area contributed by atoms with Crippen molar-refractivity contribution in [2.45, 2.75) is 6.42 Å². The van der Waals surface area contributed by atoms with Gasteiger partial charge in [0.05, 0.1) is 11.5 Å². The first kappa shape index (κ1) is 14.8. The zero-order valence-corrected chi connectivity index (χ0v) is 11.3. The molecule has 2 rings (SSSR count). The van der Waals surface area contributed by atoms with Gasteiger partial charge in [0.1, 0.15) is 5.75 Å². The van der Waals surface area contributed by atoms with E-state index in [2.05, 4.69) is 5.32 Å². The quantitative estimate of drug-likeness (QED) is 0.480. The zero-order chi connectivity index (χ0) is 15.1. The summed E-state index contributed by atoms with van der Waals surface area (Å²) in [5, 5.41) is 13.6. The first-order valence-electron chi connectivity index (χ1n) is 6.52. The summed E-state index contributed by atoms with van der Waals surface area (Å²) in [6.07, 6.45) is 0.722. The number of nitrogens with zero attached hydrogens (tertiary/aromatic N) is 1. The highest BCUT2D eigenvalue weighted by molar-refractivity contribution is 5.51. The van der Waals surface area contributed by atoms with Crippen molar-refractivity contribution in [1.82, 2.24) is 0 Å². The van der Waals surface area contributed by atoms with E-state index in [9.17, 15) is 14.5 Å². The van der Waals surface area contributed by atoms with Gasteiger partial charge in [-0.05, 0) is 30.7 Å². The number of rotatable bonds is 7. The number of nitro groups is 1. The van der Waals surface area contributed by atoms with Crippen LogP contribution in [0, 0.1) is 15.9 Å². The van der Waals surface area contributed by atoms with Crippen molar-refractivity contribution in [2.24, 2.45) is 0 Å². The number of benzene rings is 2. The Morgan fingerprint density at radius 2 is 1.95 bits per heavy atom. The summed E-state index contributed by atoms with van der Waals surface area (Å²) in [5.74, 6) is -0.0344. The number of hydrogen-bond donors (Lipinski definition) is 1. The largest absolute Gasteiger partial charge is 0.494 e. The summed E-state index contributed by atoms with van der Waals surface area (Å²) < 4.78 is 18.7. The lowest BCUT2D eigenvalue weighted by Crippen LogP contribution is -2.07. The molecule has 0 unspecified atom stereocenters. The summed E-state index contributed by atoms with van der Waals surface area (Å²) >= 11 is 0. The van der Waals surface area contributed by atoms with Crippen molar-refractivity contribution in [3.63, 3.8) is 0 Å². The molecule has 0 aliphatic carbocycles. The lowest BCUT2D eigenvalue weighted by Gasteiger charge is -2.08. The monoisotopic (exact) mass is 290 g/mol. The molecule has 21 heavy (non-hydrogen) atoms. The number of ether oxygens (including phenoxy) is 1. The fourth-order valence-corrected chi connectivity index (χ4v) is 1.77. The number of halogens is 1. The maximum Gasteiger partial charge on any atom is 0.306 e. The van der Waals surface area contributed by atoms with Crippen LogP contribution in [0.25, 0.3) is 0 Å². The van der Waals surface area contributed by atoms with Crippen molar-refractivity contribution >= 4 is 11.4 Å². The van der Waals surface area contributed by atoms with E-state index in [0.29, 0.717) is 18.8 Å². The van der Waals surface area contributed by atoms with Gasteiger partial charge in [0.25, 0.3) is 0 Å². The lowest BCUT2D eigenvalue weighted by molar-refractivity contribution is -0.387. The van der Waals surface area contributed by atoms with Crippen molar-refractivity contribution in [1.29, 1.82) is 0 Å². The molecule has 0 bridgehead atoms. The Morgan fingerprint density at radius 3 is 2.67 bits per heavy atom. The van der Waals surface area contributed by atoms with E-state index in [1.165, 1.54) is 12.1 Å². The Labute approximate surface area is 121 Å². The van der Waals surface area contributed by atoms with Gasteiger partial charge < -0.3 is 10.1 Å². The molecule has 0 radical (unpaired) electrons. The van der Waals surface area contributed by atoms with E-state index in [1.807, 2.05) is 30.3 Å². The van der Waals surface area contributed by atoms with Crippen molar-refractivity contribution < 1.29 is 14.1 Å². The molecule has 0 saturated carbocycles. The Kier molecular flexibility index (Phi) is 5.09. The Balaban J connectivity index is 1.76. The second kappa shape index (κ2) is 7.23. The lowest BCUT2D eigenvalue weighted by atomic mass is 10.2. The number of nitrogens with one attached hydrogen (secondary N) is 1. The average molecular weight is 290 g/mol. The zero-order valence-electron chi connectivity index (χ0n) is 11.3. The van der Waals surface area contributed by atoms with Gasteiger partial charge in [0.15, 0.2) is 0 Å². The summed E-state index contributed by atoms with van der Waals surface area (Å²) in [6, 6.07) is 13.2. The number of anilines is 1. The molecule has 0 fully saturated rings. The summed E-state index contributed by atoms with van der Waals surface area (Å²) in [6.45, 7) is 1.11. The smallest absolute Gasteiger partial charge is 0.306 e. The fourth-order valence-electron chi connectivity index (χ4n) is 1.77. The molecule has 1 N–H and O–H groups in total. The second-order valence-electron chi connectivity index (χ2n) is 4.37. The van der Waals surface area contributed by atoms with E-state index < -0.39 is 16.4 Å². The molecule has 0 aliphatic rings. The van der Waals surface area contributed by atoms with Crippen molar-refractivity contribution in [3.8, 4) is 5.75 Å². The van der Waals surface area contributed by atoms with E-state index in [1.54, 1.807) is 0 Å². The number of hydrogen-bond acceptors (Lipinski definition) is 4. The van der Waals surface area contributed by atoms with Gasteiger partial charge in [0.2, 0.25) is 5.82 Å². The molecule has 0 amide bonds. The van der Waals surface area contributed by atoms with Crippen LogP contribution in [0.5, 0.6) is 5.75 Å². The number of nitro benzene ring substituents is 1. The van der Waals surface area contributed by atoms with Crippen LogP contribution in [0.1, 0.15) is 6.42 Å². The molecule has 0 spiro atoms. The third kappa shape index (κ3) is 4.45. The first-order valence-corrected chi connectivity index (χ1v) is 6.52. The van der Waals surface area contributed by atoms with Gasteiger partial charge >= 0.3 is 5.69 Å². The van der Waals surface area contributed by atoms with Gasteiger partial charge in [-0.25, -0.2) is 0 Å². The third-order valence-corrected chi connectivity index (χ3v) is 2.81. The molecule has 2 aromatic rings. The maximum absolute atomic E-state index is 13.2. The molecule has 0 aliphatic heterocycles. The molecule has 0 heterocycles. The van der Waals surface area contributed by atoms with Crippen LogP contribution in [0.4, 0.5) is 15.8 Å². The Morgan fingerprint density at radius 1 is 1.19 bits per heavy atom. The third-order valence-electron chi connectivity index (χ3n) is 2.81. The van der Waals surface area contributed by atoms with Crippen LogP contribution >= 0.6 is 0 Å². The number of para-hydroxylation sites is 1. The molecule has 2 aromatic carbocycles. The van der Waals surface area contributed by atoms with Gasteiger partial charge in [-0.3, -0.25) is 10.1 Å². The minimum atomic E-state index is -0.835. The van der Waals surface area contributed by atoms with Crippen LogP contribution in [0.2, 0.25) is 0 Å².